The van der Waals surface area contributed by atoms with Gasteiger partial charge in [0, 0.05) is 0 Å². The lowest BCUT2D eigenvalue weighted by Crippen LogP contribution is -2.19. The number of rotatable bonds is 1. The highest BCUT2D eigenvalue weighted by Crippen LogP contribution is 2.11. The molecule has 0 atom stereocenters. The second kappa shape index (κ2) is 2.69. The van der Waals surface area contributed by atoms with Gasteiger partial charge in [0.05, 0.1) is 6.26 Å². The fraction of sp³-hybridized carbons (Fsp3) is 0.286. The number of nitrogens with zero attached hydrogens (tertiary/aromatic N) is 1. The van der Waals surface area contributed by atoms with Gasteiger partial charge in [-0.25, -0.2) is 0 Å². The van der Waals surface area contributed by atoms with Crippen molar-refractivity contribution >= 4 is 0 Å². The normalized spacial score (nSPS) is 18.6. The predicted molar refractivity (Wildman–Crippen MR) is 36.3 cm³/mol. The summed E-state index contributed by atoms with van der Waals surface area (Å²) in [7, 11) is 3.89. The van der Waals surface area contributed by atoms with Gasteiger partial charge in [-0.1, -0.05) is 6.08 Å². The summed E-state index contributed by atoms with van der Waals surface area (Å²) >= 11 is 0. The van der Waals surface area contributed by atoms with Crippen LogP contribution in [0.1, 0.15) is 0 Å². The van der Waals surface area contributed by atoms with Crippen LogP contribution in [0.2, 0.25) is 0 Å². The van der Waals surface area contributed by atoms with Crippen molar-refractivity contribution < 1.29 is 4.74 Å². The van der Waals surface area contributed by atoms with Crippen LogP contribution in [0.25, 0.3) is 0 Å². The van der Waals surface area contributed by atoms with Crippen molar-refractivity contribution in [3.05, 3.63) is 30.7 Å². The Labute approximate surface area is 55.4 Å². The molecule has 0 bridgehead atoms. The maximum atomic E-state index is 5.11. The Morgan fingerprint density at radius 1 is 1.33 bits per heavy atom. The van der Waals surface area contributed by atoms with Crippen molar-refractivity contribution in [1.82, 2.24) is 4.90 Å². The topological polar surface area (TPSA) is 12.5 Å². The molecule has 0 aromatic rings. The summed E-state index contributed by atoms with van der Waals surface area (Å²) in [6.07, 6.45) is 8.25. The Morgan fingerprint density at radius 3 is 2.44 bits per heavy atom. The Kier molecular flexibility index (Phi) is 1.90. The maximum absolute atomic E-state index is 5.11. The first-order chi connectivity index (χ1) is 4.30. The molecular formula is C7H10NO. The molecule has 1 rings (SSSR count). The molecule has 0 aliphatic carbocycles. The molecule has 0 amide bonds. The van der Waals surface area contributed by atoms with E-state index >= 15 is 0 Å². The molecule has 0 aromatic heterocycles. The van der Waals surface area contributed by atoms with Gasteiger partial charge in [-0.15, -0.1) is 0 Å². The van der Waals surface area contributed by atoms with Crippen molar-refractivity contribution in [2.45, 2.75) is 0 Å². The van der Waals surface area contributed by atoms with Gasteiger partial charge < -0.3 is 4.74 Å². The third kappa shape index (κ3) is 1.57. The van der Waals surface area contributed by atoms with E-state index in [2.05, 4.69) is 0 Å². The molecule has 1 heterocycles. The Hall–Kier alpha value is -0.760. The molecule has 1 radical (unpaired) electrons. The van der Waals surface area contributed by atoms with Gasteiger partial charge >= 0.3 is 0 Å². The van der Waals surface area contributed by atoms with Gasteiger partial charge in [0.1, 0.15) is 0 Å². The van der Waals surface area contributed by atoms with E-state index in [1.54, 1.807) is 6.26 Å². The number of allylic oxidation sites excluding steroid dienone is 2. The molecule has 9 heavy (non-hydrogen) atoms. The minimum absolute atomic E-state index is 0.873. The lowest BCUT2D eigenvalue weighted by Gasteiger charge is -2.19. The summed E-state index contributed by atoms with van der Waals surface area (Å²) in [6.45, 7) is 0. The van der Waals surface area contributed by atoms with E-state index in [-0.39, 0.29) is 0 Å². The first-order valence-corrected chi connectivity index (χ1v) is 2.85. The molecule has 49 valence electrons. The molecule has 0 aromatic carbocycles. The zero-order chi connectivity index (χ0) is 6.69. The predicted octanol–water partition coefficient (Wildman–Crippen LogP) is 1.14. The van der Waals surface area contributed by atoms with Crippen molar-refractivity contribution in [2.75, 3.05) is 14.1 Å². The summed E-state index contributed by atoms with van der Waals surface area (Å²) in [6, 6.07) is 0. The molecule has 0 saturated carbocycles. The molecule has 2 heteroatoms. The van der Waals surface area contributed by atoms with Gasteiger partial charge in [-0.2, -0.15) is 0 Å². The fourth-order valence-electron chi connectivity index (χ4n) is 0.586. The van der Waals surface area contributed by atoms with E-state index in [1.807, 2.05) is 37.2 Å². The van der Waals surface area contributed by atoms with Crippen molar-refractivity contribution in [3.63, 3.8) is 0 Å². The minimum atomic E-state index is 0.873. The van der Waals surface area contributed by atoms with Crippen LogP contribution >= 0.6 is 0 Å². The molecule has 0 saturated heterocycles. The molecule has 1 aliphatic heterocycles. The molecule has 1 aliphatic rings. The molecule has 0 spiro atoms. The molecule has 2 nitrogen and oxygen atoms in total. The van der Waals surface area contributed by atoms with Crippen LogP contribution in [0.5, 0.6) is 0 Å². The van der Waals surface area contributed by atoms with E-state index in [0.29, 0.717) is 0 Å². The van der Waals surface area contributed by atoms with E-state index in [9.17, 15) is 0 Å². The lowest BCUT2D eigenvalue weighted by molar-refractivity contribution is 0.164. The van der Waals surface area contributed by atoms with Crippen LogP contribution in [0.15, 0.2) is 24.5 Å². The monoisotopic (exact) mass is 124 g/mol. The second-order valence-corrected chi connectivity index (χ2v) is 2.04. The summed E-state index contributed by atoms with van der Waals surface area (Å²) in [4.78, 5) is 1.92. The highest BCUT2D eigenvalue weighted by atomic mass is 16.5. The van der Waals surface area contributed by atoms with E-state index in [0.717, 1.165) is 6.23 Å². The van der Waals surface area contributed by atoms with Crippen LogP contribution in [-0.4, -0.2) is 19.0 Å². The van der Waals surface area contributed by atoms with Gasteiger partial charge in [-0.3, -0.25) is 4.90 Å². The highest BCUT2D eigenvalue weighted by Gasteiger charge is 2.08. The quantitative estimate of drug-likeness (QED) is 0.519. The first-order valence-electron chi connectivity index (χ1n) is 2.85. The molecule has 0 fully saturated rings. The summed E-state index contributed by atoms with van der Waals surface area (Å²) in [5.74, 6) is 0. The summed E-state index contributed by atoms with van der Waals surface area (Å²) < 4.78 is 5.11. The average Bonchev–Trinajstić information content (AvgIpc) is 1.90. The SMILES string of the molecule is CN(C)[C]1C=CC=CO1. The zero-order valence-corrected chi connectivity index (χ0v) is 5.66. The van der Waals surface area contributed by atoms with E-state index in [1.165, 1.54) is 0 Å². The van der Waals surface area contributed by atoms with Crippen molar-refractivity contribution in [1.29, 1.82) is 0 Å². The Morgan fingerprint density at radius 2 is 2.11 bits per heavy atom. The molecule has 0 unspecified atom stereocenters. The smallest absolute Gasteiger partial charge is 0.239 e. The third-order valence-electron chi connectivity index (χ3n) is 1.06. The van der Waals surface area contributed by atoms with Gasteiger partial charge in [-0.05, 0) is 26.2 Å². The Balaban J connectivity index is 2.46. The number of ether oxygens (including phenoxy) is 1. The van der Waals surface area contributed by atoms with Crippen molar-refractivity contribution in [2.24, 2.45) is 0 Å². The van der Waals surface area contributed by atoms with Crippen molar-refractivity contribution in [3.8, 4) is 0 Å². The zero-order valence-electron chi connectivity index (χ0n) is 5.66. The molecule has 0 N–H and O–H groups in total. The number of likely N-dealkylation sites (N-methyl/N-ethyl adjacent to an activating group) is 1. The average molecular weight is 124 g/mol. The fourth-order valence-corrected chi connectivity index (χ4v) is 0.586. The van der Waals surface area contributed by atoms with Crippen LogP contribution < -0.4 is 0 Å². The van der Waals surface area contributed by atoms with E-state index in [4.69, 9.17) is 4.74 Å². The van der Waals surface area contributed by atoms with Crippen LogP contribution in [-0.2, 0) is 4.74 Å². The standard InChI is InChI=1S/C7H10NO/c1-8(2)7-5-3-4-6-9-7/h3-6H,1-2H3. The van der Waals surface area contributed by atoms with Gasteiger partial charge in [0.15, 0.2) is 0 Å². The van der Waals surface area contributed by atoms with Crippen LogP contribution in [0.3, 0.4) is 0 Å². The Bertz CT molecular complexity index is 138. The second-order valence-electron chi connectivity index (χ2n) is 2.04. The third-order valence-corrected chi connectivity index (χ3v) is 1.06. The maximum Gasteiger partial charge on any atom is 0.239 e. The molecular weight excluding hydrogens is 114 g/mol. The minimum Gasteiger partial charge on any atom is -0.470 e. The largest absolute Gasteiger partial charge is 0.470 e. The van der Waals surface area contributed by atoms with Crippen LogP contribution in [0.4, 0.5) is 0 Å². The van der Waals surface area contributed by atoms with Crippen LogP contribution in [0, 0.1) is 6.23 Å². The lowest BCUT2D eigenvalue weighted by atomic mass is 10.4. The summed E-state index contributed by atoms with van der Waals surface area (Å²) in [5.41, 5.74) is 0. The van der Waals surface area contributed by atoms with Gasteiger partial charge in [0.25, 0.3) is 0 Å². The van der Waals surface area contributed by atoms with E-state index < -0.39 is 0 Å². The summed E-state index contributed by atoms with van der Waals surface area (Å²) in [5, 5.41) is 0. The van der Waals surface area contributed by atoms with Gasteiger partial charge in [0.2, 0.25) is 6.23 Å². The first kappa shape index (κ1) is 6.36. The number of hydrogen-bond acceptors (Lipinski definition) is 2. The highest BCUT2D eigenvalue weighted by molar-refractivity contribution is 5.14. The number of hydrogen-bond donors (Lipinski definition) is 0.